The van der Waals surface area contributed by atoms with Gasteiger partial charge in [-0.15, -0.1) is 0 Å². The zero-order chi connectivity index (χ0) is 23.7. The van der Waals surface area contributed by atoms with Crippen LogP contribution in [-0.4, -0.2) is 21.8 Å². The van der Waals surface area contributed by atoms with E-state index in [1.807, 2.05) is 36.5 Å². The Morgan fingerprint density at radius 2 is 1.71 bits per heavy atom. The van der Waals surface area contributed by atoms with E-state index in [0.717, 1.165) is 23.7 Å². The highest BCUT2D eigenvalue weighted by Crippen LogP contribution is 2.45. The number of methoxy groups -OCH3 is 1. The number of ether oxygens (including phenoxy) is 1. The number of hydrogen-bond donors (Lipinski definition) is 1. The maximum atomic E-state index is 5.90. The van der Waals surface area contributed by atoms with Gasteiger partial charge in [0.15, 0.2) is 5.11 Å². The Kier molecular flexibility index (Phi) is 6.07. The summed E-state index contributed by atoms with van der Waals surface area (Å²) in [5, 5.41) is 4.22. The molecule has 0 spiro atoms. The normalized spacial score (nSPS) is 17.6. The molecule has 172 valence electrons. The Bertz CT molecular complexity index is 1300. The van der Waals surface area contributed by atoms with Crippen LogP contribution in [0.2, 0.25) is 0 Å². The first kappa shape index (κ1) is 22.2. The van der Waals surface area contributed by atoms with Crippen LogP contribution in [0.25, 0.3) is 0 Å². The van der Waals surface area contributed by atoms with E-state index in [1.54, 1.807) is 7.11 Å². The number of anilines is 1. The van der Waals surface area contributed by atoms with Crippen molar-refractivity contribution in [3.05, 3.63) is 113 Å². The van der Waals surface area contributed by atoms with E-state index >= 15 is 0 Å². The third kappa shape index (κ3) is 3.94. The summed E-state index contributed by atoms with van der Waals surface area (Å²) in [7, 11) is 1.70. The molecule has 3 heterocycles. The molecule has 0 aliphatic carbocycles. The number of hydrogen-bond acceptors (Lipinski definition) is 3. The van der Waals surface area contributed by atoms with Crippen molar-refractivity contribution in [3.63, 3.8) is 0 Å². The average Bonchev–Trinajstić information content (AvgIpc) is 3.36. The molecule has 1 aliphatic rings. The summed E-state index contributed by atoms with van der Waals surface area (Å²) in [6.07, 6.45) is 1.83. The number of nitrogens with zero attached hydrogens (tertiary/aromatic N) is 3. The first-order valence-electron chi connectivity index (χ1n) is 11.4. The number of para-hydroxylation sites is 2. The minimum atomic E-state index is -0.0933. The lowest BCUT2D eigenvalue weighted by Crippen LogP contribution is -2.30. The second kappa shape index (κ2) is 9.31. The van der Waals surface area contributed by atoms with E-state index in [4.69, 9.17) is 17.0 Å². The molecule has 2 aromatic carbocycles. The van der Waals surface area contributed by atoms with E-state index in [0.29, 0.717) is 5.11 Å². The molecular weight excluding hydrogens is 440 g/mol. The second-order valence-electron chi connectivity index (χ2n) is 8.57. The van der Waals surface area contributed by atoms with Crippen molar-refractivity contribution in [3.8, 4) is 5.75 Å². The third-order valence-corrected chi connectivity index (χ3v) is 6.87. The molecule has 0 unspecified atom stereocenters. The molecule has 1 saturated heterocycles. The van der Waals surface area contributed by atoms with Crippen molar-refractivity contribution in [2.75, 3.05) is 12.0 Å². The highest BCUT2D eigenvalue weighted by atomic mass is 32.1. The molecule has 2 aromatic heterocycles. The zero-order valence-corrected chi connectivity index (χ0v) is 20.4. The van der Waals surface area contributed by atoms with Crippen molar-refractivity contribution in [2.45, 2.75) is 32.5 Å². The Morgan fingerprint density at radius 3 is 2.44 bits per heavy atom. The van der Waals surface area contributed by atoms with Crippen LogP contribution < -0.4 is 15.0 Å². The number of rotatable bonds is 6. The Labute approximate surface area is 206 Å². The predicted molar refractivity (Wildman–Crippen MR) is 140 cm³/mol. The minimum Gasteiger partial charge on any atom is -0.495 e. The van der Waals surface area contributed by atoms with Crippen LogP contribution in [0.1, 0.15) is 40.3 Å². The van der Waals surface area contributed by atoms with Crippen LogP contribution in [-0.2, 0) is 6.54 Å². The number of thiocarbonyl (C=S) groups is 1. The summed E-state index contributed by atoms with van der Waals surface area (Å²) in [5.74, 6) is 0.788. The topological polar surface area (TPSA) is 42.3 Å². The maximum Gasteiger partial charge on any atom is 0.174 e. The molecule has 0 bridgehead atoms. The molecular formula is C28H28N4OS. The van der Waals surface area contributed by atoms with E-state index in [1.165, 1.54) is 22.5 Å². The molecule has 1 N–H and O–H groups in total. The van der Waals surface area contributed by atoms with Crippen LogP contribution in [0.5, 0.6) is 5.75 Å². The molecule has 0 radical (unpaired) electrons. The van der Waals surface area contributed by atoms with Gasteiger partial charge in [-0.1, -0.05) is 48.5 Å². The Balaban J connectivity index is 1.64. The lowest BCUT2D eigenvalue weighted by Gasteiger charge is -2.29. The van der Waals surface area contributed by atoms with Gasteiger partial charge in [-0.3, -0.25) is 4.98 Å². The quantitative estimate of drug-likeness (QED) is 0.366. The van der Waals surface area contributed by atoms with E-state index < -0.39 is 0 Å². The van der Waals surface area contributed by atoms with Crippen LogP contribution in [0.15, 0.2) is 85.1 Å². The standard InChI is InChI=1S/C28H28N4OS/c1-19-17-22(20(2)31(19)18-21-11-5-4-6-12-21)27-26(23-13-9-10-16-29-23)30-28(34)32(27)24-14-7-8-15-25(24)33-3/h4-17,26-27H,18H2,1-3H3,(H,30,34)/t26-,27-/m0/s1. The highest BCUT2D eigenvalue weighted by molar-refractivity contribution is 7.80. The van der Waals surface area contributed by atoms with Crippen molar-refractivity contribution in [1.29, 1.82) is 0 Å². The van der Waals surface area contributed by atoms with E-state index in [-0.39, 0.29) is 12.1 Å². The predicted octanol–water partition coefficient (Wildman–Crippen LogP) is 5.73. The Hall–Kier alpha value is -3.64. The van der Waals surface area contributed by atoms with Gasteiger partial charge in [0.1, 0.15) is 5.75 Å². The fourth-order valence-corrected chi connectivity index (χ4v) is 5.23. The summed E-state index contributed by atoms with van der Waals surface area (Å²) in [5.41, 5.74) is 6.84. The Morgan fingerprint density at radius 1 is 0.971 bits per heavy atom. The van der Waals surface area contributed by atoms with Gasteiger partial charge in [-0.05, 0) is 67.5 Å². The van der Waals surface area contributed by atoms with Crippen LogP contribution >= 0.6 is 12.2 Å². The third-order valence-electron chi connectivity index (χ3n) is 6.56. The molecule has 1 fully saturated rings. The monoisotopic (exact) mass is 468 g/mol. The van der Waals surface area contributed by atoms with Gasteiger partial charge in [0.2, 0.25) is 0 Å². The number of aryl methyl sites for hydroxylation is 1. The fraction of sp³-hybridized carbons (Fsp3) is 0.214. The van der Waals surface area contributed by atoms with E-state index in [2.05, 4.69) is 82.1 Å². The van der Waals surface area contributed by atoms with Crippen LogP contribution in [0, 0.1) is 13.8 Å². The van der Waals surface area contributed by atoms with Crippen molar-refractivity contribution in [1.82, 2.24) is 14.9 Å². The molecule has 0 saturated carbocycles. The largest absolute Gasteiger partial charge is 0.495 e. The zero-order valence-electron chi connectivity index (χ0n) is 19.6. The molecule has 2 atom stereocenters. The van der Waals surface area contributed by atoms with Crippen molar-refractivity contribution in [2.24, 2.45) is 0 Å². The smallest absolute Gasteiger partial charge is 0.174 e. The number of aromatic nitrogens is 2. The number of pyridine rings is 1. The summed E-state index contributed by atoms with van der Waals surface area (Å²) < 4.78 is 8.10. The van der Waals surface area contributed by atoms with Gasteiger partial charge in [0.25, 0.3) is 0 Å². The van der Waals surface area contributed by atoms with Gasteiger partial charge in [0, 0.05) is 24.1 Å². The first-order chi connectivity index (χ1) is 16.6. The molecule has 5 rings (SSSR count). The van der Waals surface area contributed by atoms with Crippen molar-refractivity contribution >= 4 is 23.0 Å². The summed E-state index contributed by atoms with van der Waals surface area (Å²) >= 11 is 5.90. The fourth-order valence-electron chi connectivity index (χ4n) is 4.90. The first-order valence-corrected chi connectivity index (χ1v) is 11.8. The molecule has 4 aromatic rings. The SMILES string of the molecule is COc1ccccc1N1C(=S)N[C@@H](c2ccccn2)[C@@H]1c1cc(C)n(Cc2ccccc2)c1C. The van der Waals surface area contributed by atoms with Gasteiger partial charge >= 0.3 is 0 Å². The van der Waals surface area contributed by atoms with Gasteiger partial charge in [0.05, 0.1) is 30.6 Å². The van der Waals surface area contributed by atoms with Crippen molar-refractivity contribution < 1.29 is 4.74 Å². The summed E-state index contributed by atoms with van der Waals surface area (Å²) in [4.78, 5) is 6.86. The summed E-state index contributed by atoms with van der Waals surface area (Å²) in [6.45, 7) is 5.19. The van der Waals surface area contributed by atoms with Gasteiger partial charge in [-0.2, -0.15) is 0 Å². The molecule has 34 heavy (non-hydrogen) atoms. The second-order valence-corrected chi connectivity index (χ2v) is 8.95. The average molecular weight is 469 g/mol. The molecule has 1 aliphatic heterocycles. The minimum absolute atomic E-state index is 0.0746. The van der Waals surface area contributed by atoms with Gasteiger partial charge < -0.3 is 19.5 Å². The number of nitrogens with one attached hydrogen (secondary N) is 1. The van der Waals surface area contributed by atoms with E-state index in [9.17, 15) is 0 Å². The molecule has 0 amide bonds. The number of benzene rings is 2. The van der Waals surface area contributed by atoms with Crippen LogP contribution in [0.4, 0.5) is 5.69 Å². The lowest BCUT2D eigenvalue weighted by molar-refractivity contribution is 0.414. The molecule has 6 heteroatoms. The lowest BCUT2D eigenvalue weighted by atomic mass is 9.96. The van der Waals surface area contributed by atoms with Gasteiger partial charge in [-0.25, -0.2) is 0 Å². The highest BCUT2D eigenvalue weighted by Gasteiger charge is 2.43. The molecule has 5 nitrogen and oxygen atoms in total. The maximum absolute atomic E-state index is 5.90. The van der Waals surface area contributed by atoms with Crippen LogP contribution in [0.3, 0.4) is 0 Å². The summed E-state index contributed by atoms with van der Waals surface area (Å²) in [6, 6.07) is 26.7.